The molecule has 4 aromatic carbocycles. The van der Waals surface area contributed by atoms with Gasteiger partial charge in [-0.1, -0.05) is 42.0 Å². The van der Waals surface area contributed by atoms with Crippen molar-refractivity contribution < 1.29 is 0 Å². The topological polar surface area (TPSA) is 0 Å². The number of hydrogen-bond donors (Lipinski definition) is 0. The van der Waals surface area contributed by atoms with E-state index in [0.29, 0.717) is 0 Å². The average molecular weight is 272 g/mol. The summed E-state index contributed by atoms with van der Waals surface area (Å²) >= 11 is 1.93. The van der Waals surface area contributed by atoms with E-state index in [1.54, 1.807) is 0 Å². The van der Waals surface area contributed by atoms with Crippen LogP contribution in [0.15, 0.2) is 54.6 Å². The molecular weight excluding hydrogens is 260 g/mol. The van der Waals surface area contributed by atoms with Crippen LogP contribution in [0.3, 0.4) is 0 Å². The van der Waals surface area contributed by atoms with Crippen LogP contribution in [-0.2, 0) is 0 Å². The molecule has 0 spiro atoms. The predicted octanol–water partition coefficient (Wildman–Crippen LogP) is 6.11. The Morgan fingerprint density at radius 2 is 1.60 bits per heavy atom. The second-order valence-electron chi connectivity index (χ2n) is 5.55. The lowest BCUT2D eigenvalue weighted by molar-refractivity contribution is 1.51. The zero-order valence-electron chi connectivity index (χ0n) is 11.1. The fraction of sp³-hybridized carbons (Fsp3) is 0.0526. The van der Waals surface area contributed by atoms with Crippen molar-refractivity contribution in [1.29, 1.82) is 0 Å². The number of aryl methyl sites for hydroxylation is 1. The fourth-order valence-electron chi connectivity index (χ4n) is 3.32. The summed E-state index contributed by atoms with van der Waals surface area (Å²) in [5.41, 5.74) is 1.33. The lowest BCUT2D eigenvalue weighted by Gasteiger charge is -2.06. The first kappa shape index (κ1) is 10.6. The summed E-state index contributed by atoms with van der Waals surface area (Å²) in [7, 11) is 0. The molecule has 0 aliphatic carbocycles. The van der Waals surface area contributed by atoms with Crippen LogP contribution in [0.25, 0.3) is 41.7 Å². The minimum Gasteiger partial charge on any atom is -0.134 e. The molecule has 1 heterocycles. The molecule has 1 aromatic heterocycles. The summed E-state index contributed by atoms with van der Waals surface area (Å²) in [5, 5.41) is 8.34. The van der Waals surface area contributed by atoms with Gasteiger partial charge in [-0.2, -0.15) is 0 Å². The Hall–Kier alpha value is -2.12. The largest absolute Gasteiger partial charge is 0.134 e. The van der Waals surface area contributed by atoms with Crippen molar-refractivity contribution in [1.82, 2.24) is 0 Å². The van der Waals surface area contributed by atoms with E-state index in [0.717, 1.165) is 0 Å². The molecule has 0 saturated heterocycles. The molecule has 5 aromatic rings. The van der Waals surface area contributed by atoms with Gasteiger partial charge >= 0.3 is 0 Å². The molecule has 5 rings (SSSR count). The van der Waals surface area contributed by atoms with Crippen molar-refractivity contribution in [2.75, 3.05) is 0 Å². The lowest BCUT2D eigenvalue weighted by atomic mass is 9.97. The van der Waals surface area contributed by atoms with Crippen LogP contribution in [0.5, 0.6) is 0 Å². The highest BCUT2D eigenvalue weighted by Gasteiger charge is 2.13. The van der Waals surface area contributed by atoms with E-state index in [4.69, 9.17) is 0 Å². The van der Waals surface area contributed by atoms with Gasteiger partial charge in [-0.05, 0) is 46.7 Å². The standard InChI is InChI=1S/C19H12S/c1-11-5-6-13-10-14-8-7-12-3-2-4-16-17(12)18(14)19(20-16)15(13)9-11/h2-10H,1H3. The highest BCUT2D eigenvalue weighted by Crippen LogP contribution is 2.43. The van der Waals surface area contributed by atoms with Gasteiger partial charge < -0.3 is 0 Å². The molecule has 0 N–H and O–H groups in total. The molecule has 0 amide bonds. The summed E-state index contributed by atoms with van der Waals surface area (Å²) < 4.78 is 2.84. The van der Waals surface area contributed by atoms with Crippen LogP contribution in [0.2, 0.25) is 0 Å². The van der Waals surface area contributed by atoms with Crippen LogP contribution in [-0.4, -0.2) is 0 Å². The van der Waals surface area contributed by atoms with E-state index in [-0.39, 0.29) is 0 Å². The maximum absolute atomic E-state index is 2.33. The molecule has 94 valence electrons. The Labute approximate surface area is 120 Å². The van der Waals surface area contributed by atoms with Gasteiger partial charge in [0, 0.05) is 20.2 Å². The van der Waals surface area contributed by atoms with Crippen LogP contribution in [0, 0.1) is 6.92 Å². The third-order valence-corrected chi connectivity index (χ3v) is 5.43. The first-order chi connectivity index (χ1) is 9.81. The normalized spacial score (nSPS) is 12.2. The number of hydrogen-bond acceptors (Lipinski definition) is 1. The van der Waals surface area contributed by atoms with Gasteiger partial charge in [0.05, 0.1) is 0 Å². The van der Waals surface area contributed by atoms with E-state index < -0.39 is 0 Å². The van der Waals surface area contributed by atoms with Crippen molar-refractivity contribution in [3.63, 3.8) is 0 Å². The van der Waals surface area contributed by atoms with Gasteiger partial charge in [-0.3, -0.25) is 0 Å². The van der Waals surface area contributed by atoms with Crippen LogP contribution in [0.4, 0.5) is 0 Å². The number of rotatable bonds is 0. The molecule has 0 unspecified atom stereocenters. The Bertz CT molecular complexity index is 1100. The van der Waals surface area contributed by atoms with Crippen LogP contribution in [0.1, 0.15) is 5.56 Å². The average Bonchev–Trinajstić information content (AvgIpc) is 2.86. The van der Waals surface area contributed by atoms with E-state index in [1.165, 1.54) is 47.3 Å². The van der Waals surface area contributed by atoms with E-state index >= 15 is 0 Å². The van der Waals surface area contributed by atoms with E-state index in [9.17, 15) is 0 Å². The van der Waals surface area contributed by atoms with Crippen molar-refractivity contribution >= 4 is 53.1 Å². The number of thiophene rings is 1. The third-order valence-electron chi connectivity index (χ3n) is 4.24. The van der Waals surface area contributed by atoms with Gasteiger partial charge in [0.15, 0.2) is 0 Å². The Kier molecular flexibility index (Phi) is 1.86. The predicted molar refractivity (Wildman–Crippen MR) is 90.3 cm³/mol. The Morgan fingerprint density at radius 3 is 2.55 bits per heavy atom. The fourth-order valence-corrected chi connectivity index (χ4v) is 4.62. The summed E-state index contributed by atoms with van der Waals surface area (Å²) in [6.45, 7) is 2.17. The SMILES string of the molecule is Cc1ccc2cc3ccc4cccc5sc(c2c1)c3c45. The van der Waals surface area contributed by atoms with Crippen LogP contribution >= 0.6 is 11.3 Å². The van der Waals surface area contributed by atoms with Gasteiger partial charge in [0.2, 0.25) is 0 Å². The highest BCUT2D eigenvalue weighted by molar-refractivity contribution is 7.27. The van der Waals surface area contributed by atoms with E-state index in [2.05, 4.69) is 61.5 Å². The first-order valence-corrected chi connectivity index (χ1v) is 7.69. The third kappa shape index (κ3) is 1.21. The van der Waals surface area contributed by atoms with Gasteiger partial charge in [0.25, 0.3) is 0 Å². The Balaban J connectivity index is 2.21. The number of benzene rings is 4. The minimum absolute atomic E-state index is 1.33. The minimum atomic E-state index is 1.33. The summed E-state index contributed by atoms with van der Waals surface area (Å²) in [4.78, 5) is 0. The van der Waals surface area contributed by atoms with Crippen molar-refractivity contribution in [3.8, 4) is 0 Å². The molecule has 0 nitrogen and oxygen atoms in total. The quantitative estimate of drug-likeness (QED) is 0.236. The second-order valence-corrected chi connectivity index (χ2v) is 6.60. The maximum Gasteiger partial charge on any atom is 0.0440 e. The summed E-state index contributed by atoms with van der Waals surface area (Å²) in [6, 6.07) is 20.2. The smallest absolute Gasteiger partial charge is 0.0440 e. The molecule has 0 radical (unpaired) electrons. The van der Waals surface area contributed by atoms with Crippen molar-refractivity contribution in [2.45, 2.75) is 6.92 Å². The first-order valence-electron chi connectivity index (χ1n) is 6.88. The molecule has 0 aliphatic rings. The van der Waals surface area contributed by atoms with Gasteiger partial charge in [0.1, 0.15) is 0 Å². The van der Waals surface area contributed by atoms with E-state index in [1.807, 2.05) is 11.3 Å². The molecule has 0 atom stereocenters. The molecule has 0 saturated carbocycles. The molecule has 20 heavy (non-hydrogen) atoms. The highest BCUT2D eigenvalue weighted by atomic mass is 32.1. The molecule has 0 bridgehead atoms. The number of fused-ring (bicyclic) bond motifs is 2. The molecule has 0 fully saturated rings. The zero-order valence-corrected chi connectivity index (χ0v) is 11.9. The van der Waals surface area contributed by atoms with Gasteiger partial charge in [-0.25, -0.2) is 0 Å². The molecule has 1 heteroatoms. The van der Waals surface area contributed by atoms with Crippen molar-refractivity contribution in [3.05, 3.63) is 60.2 Å². The maximum atomic E-state index is 2.33. The Morgan fingerprint density at radius 1 is 0.750 bits per heavy atom. The summed E-state index contributed by atoms with van der Waals surface area (Å²) in [5.74, 6) is 0. The summed E-state index contributed by atoms with van der Waals surface area (Å²) in [6.07, 6.45) is 0. The van der Waals surface area contributed by atoms with Crippen LogP contribution < -0.4 is 0 Å². The lowest BCUT2D eigenvalue weighted by Crippen LogP contribution is -1.79. The zero-order chi connectivity index (χ0) is 13.3. The van der Waals surface area contributed by atoms with Gasteiger partial charge in [-0.15, -0.1) is 11.3 Å². The second kappa shape index (κ2) is 3.50. The molecular formula is C19H12S. The van der Waals surface area contributed by atoms with Crippen molar-refractivity contribution in [2.24, 2.45) is 0 Å². The molecule has 0 aliphatic heterocycles. The monoisotopic (exact) mass is 272 g/mol.